The number of nitrogens with one attached hydrogen (secondary N) is 2. The van der Waals surface area contributed by atoms with Gasteiger partial charge < -0.3 is 0 Å². The molecule has 1 unspecified atom stereocenters. The molecule has 1 atom stereocenters. The van der Waals surface area contributed by atoms with Gasteiger partial charge in [0.15, 0.2) is 0 Å². The van der Waals surface area contributed by atoms with Crippen molar-refractivity contribution in [2.24, 2.45) is 0 Å². The van der Waals surface area contributed by atoms with E-state index in [1.54, 1.807) is 0 Å². The molecule has 0 aliphatic carbocycles. The Bertz CT molecular complexity index is 295. The van der Waals surface area contributed by atoms with E-state index < -0.39 is 21.7 Å². The van der Waals surface area contributed by atoms with Crippen LogP contribution in [0.1, 0.15) is 12.8 Å². The maximum Gasteiger partial charge on any atom is 0.523 e. The highest BCUT2D eigenvalue weighted by atomic mass is 32.2. The Morgan fingerprint density at radius 1 is 1.27 bits per heavy atom. The van der Waals surface area contributed by atoms with Crippen LogP contribution in [0.15, 0.2) is 0 Å². The Labute approximate surface area is 85.1 Å². The third kappa shape index (κ3) is 3.59. The van der Waals surface area contributed by atoms with Crippen LogP contribution in [0.3, 0.4) is 0 Å². The van der Waals surface area contributed by atoms with Crippen LogP contribution in [0.2, 0.25) is 0 Å². The van der Waals surface area contributed by atoms with Crippen LogP contribution in [0, 0.1) is 0 Å². The van der Waals surface area contributed by atoms with Crippen molar-refractivity contribution in [3.63, 3.8) is 0 Å². The molecule has 5 nitrogen and oxygen atoms in total. The van der Waals surface area contributed by atoms with Crippen molar-refractivity contribution < 1.29 is 25.8 Å². The van der Waals surface area contributed by atoms with E-state index in [1.165, 1.54) is 0 Å². The molecule has 1 aliphatic rings. The van der Waals surface area contributed by atoms with E-state index in [-0.39, 0.29) is 13.0 Å². The molecular formula is C6H11F3N2O3S. The van der Waals surface area contributed by atoms with Crippen molar-refractivity contribution in [3.05, 3.63) is 0 Å². The van der Waals surface area contributed by atoms with Gasteiger partial charge in [0.1, 0.15) is 0 Å². The third-order valence-corrected chi connectivity index (χ3v) is 2.92. The largest absolute Gasteiger partial charge is 0.523 e. The van der Waals surface area contributed by atoms with Gasteiger partial charge in [0.25, 0.3) is 0 Å². The molecule has 90 valence electrons. The Kier molecular flexibility index (Phi) is 3.93. The van der Waals surface area contributed by atoms with Crippen molar-refractivity contribution in [2.45, 2.75) is 24.5 Å². The molecule has 2 N–H and O–H groups in total. The van der Waals surface area contributed by atoms with Crippen LogP contribution in [0.4, 0.5) is 13.2 Å². The van der Waals surface area contributed by atoms with E-state index in [1.807, 2.05) is 0 Å². The first-order valence-corrected chi connectivity index (χ1v) is 5.69. The Hall–Kier alpha value is -0.380. The van der Waals surface area contributed by atoms with E-state index >= 15 is 0 Å². The molecule has 0 spiro atoms. The van der Waals surface area contributed by atoms with E-state index in [2.05, 4.69) is 15.0 Å². The monoisotopic (exact) mass is 248 g/mol. The summed E-state index contributed by atoms with van der Waals surface area (Å²) < 4.78 is 61.2. The fourth-order valence-corrected chi connectivity index (χ4v) is 1.74. The molecular weight excluding hydrogens is 237 g/mol. The lowest BCUT2D eigenvalue weighted by Gasteiger charge is -2.15. The van der Waals surface area contributed by atoms with Crippen LogP contribution >= 0.6 is 0 Å². The first-order valence-electron chi connectivity index (χ1n) is 4.28. The molecule has 9 heteroatoms. The SMILES string of the molecule is O=S(=O)(OC1CCCNNC1)C(F)(F)F. The molecule has 15 heavy (non-hydrogen) atoms. The Morgan fingerprint density at radius 2 is 1.93 bits per heavy atom. The average molecular weight is 248 g/mol. The lowest BCUT2D eigenvalue weighted by molar-refractivity contribution is -0.0574. The highest BCUT2D eigenvalue weighted by Gasteiger charge is 2.48. The average Bonchev–Trinajstić information content (AvgIpc) is 2.30. The zero-order valence-electron chi connectivity index (χ0n) is 7.67. The van der Waals surface area contributed by atoms with Crippen molar-refractivity contribution in [3.8, 4) is 0 Å². The van der Waals surface area contributed by atoms with Gasteiger partial charge in [-0.15, -0.1) is 0 Å². The van der Waals surface area contributed by atoms with Crippen LogP contribution in [-0.2, 0) is 14.3 Å². The van der Waals surface area contributed by atoms with Gasteiger partial charge in [-0.2, -0.15) is 21.6 Å². The zero-order chi connectivity index (χ0) is 11.5. The number of hydrogen-bond donors (Lipinski definition) is 2. The second-order valence-electron chi connectivity index (χ2n) is 3.07. The molecule has 1 rings (SSSR count). The van der Waals surface area contributed by atoms with Gasteiger partial charge in [0.05, 0.1) is 6.10 Å². The molecule has 0 aromatic carbocycles. The quantitative estimate of drug-likeness (QED) is 0.536. The standard InChI is InChI=1S/C6H11F3N2O3S/c7-6(8,9)15(12,13)14-5-2-1-3-10-11-4-5/h5,10-11H,1-4H2. The molecule has 0 aromatic rings. The minimum Gasteiger partial charge on any atom is -0.258 e. The number of halogens is 3. The Balaban J connectivity index is 2.60. The molecule has 0 aromatic heterocycles. The highest BCUT2D eigenvalue weighted by Crippen LogP contribution is 2.26. The molecule has 1 fully saturated rings. The second kappa shape index (κ2) is 4.64. The summed E-state index contributed by atoms with van der Waals surface area (Å²) in [5.74, 6) is 0. The van der Waals surface area contributed by atoms with Crippen LogP contribution in [-0.4, -0.2) is 33.1 Å². The number of rotatable bonds is 2. The summed E-state index contributed by atoms with van der Waals surface area (Å²) in [5, 5.41) is 0. The minimum atomic E-state index is -5.48. The topological polar surface area (TPSA) is 67.4 Å². The van der Waals surface area contributed by atoms with Gasteiger partial charge in [0.2, 0.25) is 0 Å². The molecule has 1 aliphatic heterocycles. The first kappa shape index (κ1) is 12.7. The van der Waals surface area contributed by atoms with Crippen molar-refractivity contribution in [2.75, 3.05) is 13.1 Å². The summed E-state index contributed by atoms with van der Waals surface area (Å²) in [6.07, 6.45) is -0.174. The summed E-state index contributed by atoms with van der Waals surface area (Å²) in [6, 6.07) is 0. The van der Waals surface area contributed by atoms with E-state index in [0.29, 0.717) is 13.0 Å². The molecule has 1 saturated heterocycles. The third-order valence-electron chi connectivity index (χ3n) is 1.83. The predicted molar refractivity (Wildman–Crippen MR) is 45.1 cm³/mol. The number of hydrazine groups is 1. The summed E-state index contributed by atoms with van der Waals surface area (Å²) in [7, 11) is -5.48. The van der Waals surface area contributed by atoms with Crippen molar-refractivity contribution in [1.82, 2.24) is 10.9 Å². The zero-order valence-corrected chi connectivity index (χ0v) is 8.49. The number of hydrogen-bond acceptors (Lipinski definition) is 5. The van der Waals surface area contributed by atoms with Gasteiger partial charge in [-0.3, -0.25) is 15.0 Å². The number of alkyl halides is 3. The summed E-state index contributed by atoms with van der Waals surface area (Å²) in [4.78, 5) is 0. The smallest absolute Gasteiger partial charge is 0.258 e. The normalized spacial score (nSPS) is 24.9. The summed E-state index contributed by atoms with van der Waals surface area (Å²) in [5.41, 5.74) is -0.0942. The molecule has 0 amide bonds. The van der Waals surface area contributed by atoms with Gasteiger partial charge >= 0.3 is 15.6 Å². The fourth-order valence-electron chi connectivity index (χ4n) is 1.11. The molecule has 0 bridgehead atoms. The fraction of sp³-hybridized carbons (Fsp3) is 1.00. The minimum absolute atomic E-state index is 0.0231. The van der Waals surface area contributed by atoms with Crippen LogP contribution in [0.5, 0.6) is 0 Å². The Morgan fingerprint density at radius 3 is 2.53 bits per heavy atom. The summed E-state index contributed by atoms with van der Waals surface area (Å²) in [6.45, 7) is 0.585. The van der Waals surface area contributed by atoms with Gasteiger partial charge in [0, 0.05) is 13.1 Å². The van der Waals surface area contributed by atoms with E-state index in [9.17, 15) is 21.6 Å². The van der Waals surface area contributed by atoms with Gasteiger partial charge in [-0.05, 0) is 12.8 Å². The predicted octanol–water partition coefficient (Wildman–Crippen LogP) is 0.109. The maximum absolute atomic E-state index is 11.9. The molecule has 0 radical (unpaired) electrons. The highest BCUT2D eigenvalue weighted by molar-refractivity contribution is 7.87. The van der Waals surface area contributed by atoms with Crippen molar-refractivity contribution >= 4 is 10.1 Å². The summed E-state index contributed by atoms with van der Waals surface area (Å²) >= 11 is 0. The van der Waals surface area contributed by atoms with Gasteiger partial charge in [-0.1, -0.05) is 0 Å². The van der Waals surface area contributed by atoms with Gasteiger partial charge in [-0.25, -0.2) is 0 Å². The van der Waals surface area contributed by atoms with Crippen molar-refractivity contribution in [1.29, 1.82) is 0 Å². The molecule has 1 heterocycles. The van der Waals surface area contributed by atoms with E-state index in [4.69, 9.17) is 0 Å². The maximum atomic E-state index is 11.9. The van der Waals surface area contributed by atoms with E-state index in [0.717, 1.165) is 0 Å². The lowest BCUT2D eigenvalue weighted by atomic mass is 10.2. The molecule has 0 saturated carbocycles. The van der Waals surface area contributed by atoms with Crippen LogP contribution < -0.4 is 10.9 Å². The second-order valence-corrected chi connectivity index (χ2v) is 4.63. The van der Waals surface area contributed by atoms with Crippen LogP contribution in [0.25, 0.3) is 0 Å². The first-order chi connectivity index (χ1) is 6.83. The lowest BCUT2D eigenvalue weighted by Crippen LogP contribution is -2.38.